The van der Waals surface area contributed by atoms with E-state index >= 15 is 0 Å². The third-order valence-corrected chi connectivity index (χ3v) is 6.66. The molecule has 0 radical (unpaired) electrons. The van der Waals surface area contributed by atoms with E-state index in [2.05, 4.69) is 33.8 Å². The molecule has 32 heavy (non-hydrogen) atoms. The lowest BCUT2D eigenvalue weighted by Gasteiger charge is -2.47. The Morgan fingerprint density at radius 1 is 1.09 bits per heavy atom. The van der Waals surface area contributed by atoms with E-state index in [1.807, 2.05) is 19.1 Å². The van der Waals surface area contributed by atoms with Crippen molar-refractivity contribution in [2.75, 3.05) is 0 Å². The number of ether oxygens (including phenoxy) is 2. The quantitative estimate of drug-likeness (QED) is 0.375. The molecule has 1 aliphatic rings. The molecular weight excluding hydrogens is 404 g/mol. The monoisotopic (exact) mass is 446 g/mol. The van der Waals surface area contributed by atoms with Crippen LogP contribution in [0.15, 0.2) is 18.2 Å². The highest BCUT2D eigenvalue weighted by molar-refractivity contribution is 5.79. The van der Waals surface area contributed by atoms with E-state index in [-0.39, 0.29) is 11.5 Å². The van der Waals surface area contributed by atoms with E-state index in [1.54, 1.807) is 0 Å². The first-order valence-corrected chi connectivity index (χ1v) is 12.1. The Morgan fingerprint density at radius 2 is 1.75 bits per heavy atom. The van der Waals surface area contributed by atoms with Gasteiger partial charge in [0.1, 0.15) is 17.9 Å². The number of carbonyl (C=O) groups excluding carboxylic acids is 2. The Hall–Kier alpha value is -2.08. The Kier molecular flexibility index (Phi) is 9.14. The van der Waals surface area contributed by atoms with Crippen molar-refractivity contribution in [3.05, 3.63) is 29.3 Å². The van der Waals surface area contributed by atoms with Gasteiger partial charge in [0.2, 0.25) is 0 Å². The van der Waals surface area contributed by atoms with Crippen molar-refractivity contribution in [2.45, 2.75) is 105 Å². The van der Waals surface area contributed by atoms with Crippen molar-refractivity contribution in [3.63, 3.8) is 0 Å². The molecule has 1 fully saturated rings. The minimum Gasteiger partial charge on any atom is -0.446 e. The van der Waals surface area contributed by atoms with Gasteiger partial charge in [0.05, 0.1) is 0 Å². The van der Waals surface area contributed by atoms with Gasteiger partial charge in [-0.3, -0.25) is 0 Å². The second-order valence-corrected chi connectivity index (χ2v) is 10.5. The van der Waals surface area contributed by atoms with Crippen LogP contribution in [0.5, 0.6) is 5.75 Å². The van der Waals surface area contributed by atoms with Gasteiger partial charge in [-0.15, -0.1) is 0 Å². The maximum atomic E-state index is 13.2. The number of rotatable bonds is 10. The van der Waals surface area contributed by atoms with Gasteiger partial charge in [-0.25, -0.2) is 9.59 Å². The molecule has 3 atom stereocenters. The lowest BCUT2D eigenvalue weighted by Crippen LogP contribution is -2.54. The van der Waals surface area contributed by atoms with Crippen molar-refractivity contribution in [1.29, 1.82) is 0 Å². The first-order chi connectivity index (χ1) is 15.0. The van der Waals surface area contributed by atoms with Gasteiger partial charge in [-0.2, -0.15) is 0 Å². The van der Waals surface area contributed by atoms with Gasteiger partial charge < -0.3 is 20.9 Å². The zero-order valence-electron chi connectivity index (χ0n) is 20.5. The molecule has 6 heteroatoms. The summed E-state index contributed by atoms with van der Waals surface area (Å²) in [6, 6.07) is 5.13. The fraction of sp³-hybridized carbons (Fsp3) is 0.692. The predicted octanol–water partition coefficient (Wildman–Crippen LogP) is 5.28. The van der Waals surface area contributed by atoms with Crippen LogP contribution in [0, 0.1) is 10.8 Å². The summed E-state index contributed by atoms with van der Waals surface area (Å²) in [5.41, 5.74) is 13.4. The summed E-state index contributed by atoms with van der Waals surface area (Å²) in [7, 11) is 0. The van der Waals surface area contributed by atoms with Gasteiger partial charge in [-0.05, 0) is 73.0 Å². The van der Waals surface area contributed by atoms with Gasteiger partial charge in [-0.1, -0.05) is 59.6 Å². The minimum atomic E-state index is -0.834. The molecule has 0 spiro atoms. The summed E-state index contributed by atoms with van der Waals surface area (Å²) in [6.07, 6.45) is 6.93. The molecule has 4 N–H and O–H groups in total. The maximum absolute atomic E-state index is 13.2. The Bertz CT molecular complexity index is 792. The van der Waals surface area contributed by atoms with E-state index < -0.39 is 23.5 Å². The summed E-state index contributed by atoms with van der Waals surface area (Å²) in [4.78, 5) is 24.6. The molecule has 180 valence electrons. The number of nitrogens with two attached hydrogens (primary N) is 2. The zero-order valence-corrected chi connectivity index (χ0v) is 20.5. The third kappa shape index (κ3) is 6.96. The summed E-state index contributed by atoms with van der Waals surface area (Å²) in [5.74, 6) is 0.185. The SMILES string of the molecule is CCCCc1cccc(OC(=O)C(N)C2(C)CC(OC(N)=O)CC(C)(C)C2)c1CCCC. The number of aryl methyl sites for hydroxylation is 1. The fourth-order valence-electron chi connectivity index (χ4n) is 5.33. The van der Waals surface area contributed by atoms with Crippen molar-refractivity contribution in [1.82, 2.24) is 0 Å². The second kappa shape index (κ2) is 11.2. The van der Waals surface area contributed by atoms with Crippen molar-refractivity contribution in [2.24, 2.45) is 22.3 Å². The van der Waals surface area contributed by atoms with Crippen LogP contribution in [-0.4, -0.2) is 24.2 Å². The highest BCUT2D eigenvalue weighted by Gasteiger charge is 2.48. The normalized spacial score (nSPS) is 23.4. The van der Waals surface area contributed by atoms with Crippen LogP contribution in [0.2, 0.25) is 0 Å². The largest absolute Gasteiger partial charge is 0.446 e. The number of benzene rings is 1. The van der Waals surface area contributed by atoms with Crippen molar-refractivity contribution >= 4 is 12.1 Å². The maximum Gasteiger partial charge on any atom is 0.404 e. The molecule has 3 unspecified atom stereocenters. The van der Waals surface area contributed by atoms with Crippen LogP contribution in [0.3, 0.4) is 0 Å². The Balaban J connectivity index is 2.24. The lowest BCUT2D eigenvalue weighted by atomic mass is 9.60. The summed E-state index contributed by atoms with van der Waals surface area (Å²) >= 11 is 0. The average Bonchev–Trinajstić information content (AvgIpc) is 2.68. The molecule has 0 aromatic heterocycles. The third-order valence-electron chi connectivity index (χ3n) is 6.66. The Labute approximate surface area is 193 Å². The summed E-state index contributed by atoms with van der Waals surface area (Å²) in [6.45, 7) is 10.5. The molecule has 1 amide bonds. The number of primary amides is 1. The van der Waals surface area contributed by atoms with Gasteiger partial charge >= 0.3 is 12.1 Å². The van der Waals surface area contributed by atoms with E-state index in [0.717, 1.165) is 50.5 Å². The molecule has 2 rings (SSSR count). The summed E-state index contributed by atoms with van der Waals surface area (Å²) < 4.78 is 11.2. The molecule has 0 heterocycles. The first-order valence-electron chi connectivity index (χ1n) is 12.1. The molecule has 1 aromatic carbocycles. The average molecular weight is 447 g/mol. The molecule has 1 aliphatic carbocycles. The highest BCUT2D eigenvalue weighted by atomic mass is 16.6. The van der Waals surface area contributed by atoms with Crippen LogP contribution < -0.4 is 16.2 Å². The Morgan fingerprint density at radius 3 is 2.38 bits per heavy atom. The van der Waals surface area contributed by atoms with E-state index in [0.29, 0.717) is 18.6 Å². The molecule has 1 saturated carbocycles. The fourth-order valence-corrected chi connectivity index (χ4v) is 5.33. The van der Waals surface area contributed by atoms with Gasteiger partial charge in [0.25, 0.3) is 0 Å². The van der Waals surface area contributed by atoms with Crippen LogP contribution in [-0.2, 0) is 22.4 Å². The number of unbranched alkanes of at least 4 members (excludes halogenated alkanes) is 2. The molecule has 0 bridgehead atoms. The smallest absolute Gasteiger partial charge is 0.404 e. The van der Waals surface area contributed by atoms with Crippen LogP contribution in [0.25, 0.3) is 0 Å². The molecule has 0 aliphatic heterocycles. The minimum absolute atomic E-state index is 0.141. The number of esters is 1. The summed E-state index contributed by atoms with van der Waals surface area (Å²) in [5, 5.41) is 0. The number of hydrogen-bond acceptors (Lipinski definition) is 5. The first kappa shape index (κ1) is 26.2. The van der Waals surface area contributed by atoms with E-state index in [9.17, 15) is 9.59 Å². The molecular formula is C26H42N2O4. The molecule has 0 saturated heterocycles. The van der Waals surface area contributed by atoms with Crippen molar-refractivity contribution in [3.8, 4) is 5.75 Å². The molecule has 1 aromatic rings. The highest BCUT2D eigenvalue weighted by Crippen LogP contribution is 2.48. The standard InChI is InChI=1S/C26H42N2O4/c1-6-8-11-18-12-10-14-21(20(18)13-9-7-2)32-23(29)22(27)26(5)16-19(31-24(28)30)15-25(3,4)17-26/h10,12,14,19,22H,6-9,11,13,15-17,27H2,1-5H3,(H2,28,30). The van der Waals surface area contributed by atoms with Crippen LogP contribution in [0.4, 0.5) is 4.79 Å². The van der Waals surface area contributed by atoms with Crippen LogP contribution in [0.1, 0.15) is 90.7 Å². The van der Waals surface area contributed by atoms with Gasteiger partial charge in [0.15, 0.2) is 0 Å². The lowest BCUT2D eigenvalue weighted by molar-refractivity contribution is -0.141. The van der Waals surface area contributed by atoms with Crippen LogP contribution >= 0.6 is 0 Å². The van der Waals surface area contributed by atoms with E-state index in [4.69, 9.17) is 20.9 Å². The predicted molar refractivity (Wildman–Crippen MR) is 127 cm³/mol. The van der Waals surface area contributed by atoms with Gasteiger partial charge in [0, 0.05) is 0 Å². The number of amides is 1. The molecule has 6 nitrogen and oxygen atoms in total. The van der Waals surface area contributed by atoms with E-state index in [1.165, 1.54) is 5.56 Å². The zero-order chi connectivity index (χ0) is 23.9. The number of hydrogen-bond donors (Lipinski definition) is 2. The second-order valence-electron chi connectivity index (χ2n) is 10.5. The topological polar surface area (TPSA) is 105 Å². The number of carbonyl (C=O) groups is 2. The van der Waals surface area contributed by atoms with Crippen molar-refractivity contribution < 1.29 is 19.1 Å².